The molecule has 0 unspecified atom stereocenters. The van der Waals surface area contributed by atoms with Crippen LogP contribution < -0.4 is 0 Å². The van der Waals surface area contributed by atoms with Crippen molar-refractivity contribution in [1.29, 1.82) is 0 Å². The van der Waals surface area contributed by atoms with Crippen molar-refractivity contribution in [2.75, 3.05) is 0 Å². The van der Waals surface area contributed by atoms with Crippen molar-refractivity contribution in [2.24, 2.45) is 0 Å². The first kappa shape index (κ1) is 6.78. The van der Waals surface area contributed by atoms with Crippen LogP contribution in [-0.2, 0) is 0 Å². The Morgan fingerprint density at radius 2 is 2.42 bits per heavy atom. The second-order valence-corrected chi connectivity index (χ2v) is 2.07. The molecule has 0 saturated heterocycles. The van der Waals surface area contributed by atoms with E-state index in [9.17, 15) is 4.79 Å². The van der Waals surface area contributed by atoms with Gasteiger partial charge in [0.15, 0.2) is 6.29 Å². The van der Waals surface area contributed by atoms with E-state index in [4.69, 9.17) is 8.94 Å². The molecular weight excluding hydrogens is 160 g/mol. The summed E-state index contributed by atoms with van der Waals surface area (Å²) in [6.45, 7) is 0. The van der Waals surface area contributed by atoms with Crippen LogP contribution in [0.1, 0.15) is 10.5 Å². The predicted molar refractivity (Wildman–Crippen MR) is 37.4 cm³/mol. The van der Waals surface area contributed by atoms with Crippen molar-refractivity contribution in [2.45, 2.75) is 0 Å². The summed E-state index contributed by atoms with van der Waals surface area (Å²) < 4.78 is 9.68. The molecule has 2 rings (SSSR count). The lowest BCUT2D eigenvalue weighted by Crippen LogP contribution is -1.73. The summed E-state index contributed by atoms with van der Waals surface area (Å²) in [5.74, 6) is 0.665. The maximum absolute atomic E-state index is 10.2. The van der Waals surface area contributed by atoms with E-state index in [0.29, 0.717) is 17.9 Å². The van der Waals surface area contributed by atoms with Crippen LogP contribution in [0.2, 0.25) is 0 Å². The van der Waals surface area contributed by atoms with Crippen molar-refractivity contribution >= 4 is 6.29 Å². The molecule has 0 fully saturated rings. The Kier molecular flexibility index (Phi) is 1.48. The molecule has 0 aromatic carbocycles. The zero-order chi connectivity index (χ0) is 8.39. The van der Waals surface area contributed by atoms with Crippen molar-refractivity contribution in [3.63, 3.8) is 0 Å². The molecule has 0 radical (unpaired) electrons. The number of carbonyl (C=O) groups is 1. The quantitative estimate of drug-likeness (QED) is 0.622. The maximum Gasteiger partial charge on any atom is 0.265 e. The fourth-order valence-corrected chi connectivity index (χ4v) is 0.790. The number of aldehydes is 1. The van der Waals surface area contributed by atoms with Crippen LogP contribution in [0.4, 0.5) is 0 Å². The van der Waals surface area contributed by atoms with Crippen LogP contribution in [0, 0.1) is 0 Å². The van der Waals surface area contributed by atoms with E-state index in [2.05, 4.69) is 10.1 Å². The normalized spacial score (nSPS) is 10.0. The molecule has 2 heterocycles. The Hall–Kier alpha value is -1.91. The standard InChI is InChI=1S/C7H4N2O3/c10-4-5-3-6(12-9-5)7-8-1-2-11-7/h1-4H. The minimum absolute atomic E-state index is 0.225. The molecule has 0 aliphatic carbocycles. The first-order valence-corrected chi connectivity index (χ1v) is 3.22. The van der Waals surface area contributed by atoms with Crippen LogP contribution >= 0.6 is 0 Å². The van der Waals surface area contributed by atoms with E-state index in [0.717, 1.165) is 0 Å². The van der Waals surface area contributed by atoms with Gasteiger partial charge in [0.1, 0.15) is 12.0 Å². The fourth-order valence-electron chi connectivity index (χ4n) is 0.790. The number of oxazole rings is 1. The number of hydrogen-bond donors (Lipinski definition) is 0. The third-order valence-electron chi connectivity index (χ3n) is 1.29. The molecule has 12 heavy (non-hydrogen) atoms. The van der Waals surface area contributed by atoms with Gasteiger partial charge in [0.05, 0.1) is 6.20 Å². The van der Waals surface area contributed by atoms with Crippen LogP contribution in [-0.4, -0.2) is 16.4 Å². The number of nitrogens with zero attached hydrogens (tertiary/aromatic N) is 2. The summed E-state index contributed by atoms with van der Waals surface area (Å²) in [6.07, 6.45) is 3.49. The zero-order valence-corrected chi connectivity index (χ0v) is 5.93. The Balaban J connectivity index is 2.41. The monoisotopic (exact) mass is 164 g/mol. The molecule has 0 aliphatic heterocycles. The molecule has 2 aromatic heterocycles. The number of rotatable bonds is 2. The summed E-state index contributed by atoms with van der Waals surface area (Å²) >= 11 is 0. The van der Waals surface area contributed by atoms with Gasteiger partial charge in [0, 0.05) is 6.07 Å². The van der Waals surface area contributed by atoms with E-state index in [1.807, 2.05) is 0 Å². The van der Waals surface area contributed by atoms with Gasteiger partial charge >= 0.3 is 0 Å². The molecule has 60 valence electrons. The summed E-state index contributed by atoms with van der Waals surface area (Å²) in [6, 6.07) is 1.46. The highest BCUT2D eigenvalue weighted by Gasteiger charge is 2.08. The van der Waals surface area contributed by atoms with Gasteiger partial charge in [-0.3, -0.25) is 4.79 Å². The van der Waals surface area contributed by atoms with Gasteiger partial charge in [0.25, 0.3) is 5.89 Å². The highest BCUT2D eigenvalue weighted by Crippen LogP contribution is 2.16. The Morgan fingerprint density at radius 1 is 1.50 bits per heavy atom. The molecule has 0 saturated carbocycles. The van der Waals surface area contributed by atoms with Gasteiger partial charge in [-0.1, -0.05) is 5.16 Å². The van der Waals surface area contributed by atoms with Gasteiger partial charge < -0.3 is 8.94 Å². The van der Waals surface area contributed by atoms with E-state index in [-0.39, 0.29) is 5.69 Å². The predicted octanol–water partition coefficient (Wildman–Crippen LogP) is 1.14. The number of hydrogen-bond acceptors (Lipinski definition) is 5. The van der Waals surface area contributed by atoms with Gasteiger partial charge in [-0.15, -0.1) is 0 Å². The topological polar surface area (TPSA) is 69.1 Å². The second-order valence-electron chi connectivity index (χ2n) is 2.07. The third-order valence-corrected chi connectivity index (χ3v) is 1.29. The lowest BCUT2D eigenvalue weighted by atomic mass is 10.4. The second kappa shape index (κ2) is 2.61. The summed E-state index contributed by atoms with van der Waals surface area (Å²) in [4.78, 5) is 14.0. The third kappa shape index (κ3) is 1.01. The van der Waals surface area contributed by atoms with Gasteiger partial charge in [-0.2, -0.15) is 0 Å². The SMILES string of the molecule is O=Cc1cc(-c2ncco2)on1. The summed E-state index contributed by atoms with van der Waals surface area (Å²) in [5, 5.41) is 3.45. The first-order valence-electron chi connectivity index (χ1n) is 3.22. The molecule has 0 aliphatic rings. The zero-order valence-electron chi connectivity index (χ0n) is 5.93. The molecule has 2 aromatic rings. The lowest BCUT2D eigenvalue weighted by molar-refractivity contribution is 0.111. The van der Waals surface area contributed by atoms with Crippen LogP contribution in [0.25, 0.3) is 11.7 Å². The number of carbonyl (C=O) groups excluding carboxylic acids is 1. The number of aromatic nitrogens is 2. The van der Waals surface area contributed by atoms with E-state index in [1.54, 1.807) is 0 Å². The van der Waals surface area contributed by atoms with Gasteiger partial charge in [-0.25, -0.2) is 4.98 Å². The first-order chi connectivity index (χ1) is 5.90. The smallest absolute Gasteiger partial charge is 0.265 e. The van der Waals surface area contributed by atoms with E-state index >= 15 is 0 Å². The van der Waals surface area contributed by atoms with Gasteiger partial charge in [-0.05, 0) is 0 Å². The molecule has 5 heteroatoms. The highest BCUT2D eigenvalue weighted by molar-refractivity contribution is 5.73. The molecule has 0 bridgehead atoms. The summed E-state index contributed by atoms with van der Waals surface area (Å²) in [7, 11) is 0. The van der Waals surface area contributed by atoms with Crippen LogP contribution in [0.15, 0.2) is 27.5 Å². The van der Waals surface area contributed by atoms with Crippen LogP contribution in [0.3, 0.4) is 0 Å². The lowest BCUT2D eigenvalue weighted by Gasteiger charge is -1.80. The molecule has 0 spiro atoms. The molecule has 0 amide bonds. The molecule has 5 nitrogen and oxygen atoms in total. The van der Waals surface area contributed by atoms with E-state index in [1.165, 1.54) is 18.5 Å². The molecule has 0 atom stereocenters. The van der Waals surface area contributed by atoms with Crippen molar-refractivity contribution < 1.29 is 13.7 Å². The Labute approximate surface area is 67.0 Å². The van der Waals surface area contributed by atoms with Gasteiger partial charge in [0.2, 0.25) is 5.76 Å². The molecule has 0 N–H and O–H groups in total. The average molecular weight is 164 g/mol. The minimum atomic E-state index is 0.225. The van der Waals surface area contributed by atoms with Crippen LogP contribution in [0.5, 0.6) is 0 Å². The fraction of sp³-hybridized carbons (Fsp3) is 0. The van der Waals surface area contributed by atoms with Crippen molar-refractivity contribution in [1.82, 2.24) is 10.1 Å². The Morgan fingerprint density at radius 3 is 3.00 bits per heavy atom. The average Bonchev–Trinajstić information content (AvgIpc) is 2.75. The highest BCUT2D eigenvalue weighted by atomic mass is 16.5. The largest absolute Gasteiger partial charge is 0.442 e. The minimum Gasteiger partial charge on any atom is -0.442 e. The maximum atomic E-state index is 10.2. The summed E-state index contributed by atoms with van der Waals surface area (Å²) in [5.41, 5.74) is 0.225. The molecular formula is C7H4N2O3. The Bertz CT molecular complexity index is 377. The van der Waals surface area contributed by atoms with Crippen molar-refractivity contribution in [3.8, 4) is 11.7 Å². The van der Waals surface area contributed by atoms with E-state index < -0.39 is 0 Å². The van der Waals surface area contributed by atoms with Crippen molar-refractivity contribution in [3.05, 3.63) is 24.2 Å².